The van der Waals surface area contributed by atoms with E-state index >= 15 is 0 Å². The number of thioether (sulfide) groups is 1. The highest BCUT2D eigenvalue weighted by Crippen LogP contribution is 2.39. The van der Waals surface area contributed by atoms with Gasteiger partial charge >= 0.3 is 0 Å². The van der Waals surface area contributed by atoms with Crippen LogP contribution in [-0.2, 0) is 48.7 Å². The second-order valence-corrected chi connectivity index (χ2v) is 16.3. The highest BCUT2D eigenvalue weighted by molar-refractivity contribution is 7.99. The zero-order valence-electron chi connectivity index (χ0n) is 30.7. The molecule has 4 atom stereocenters. The average Bonchev–Trinajstić information content (AvgIpc) is 3.20. The van der Waals surface area contributed by atoms with Crippen LogP contribution in [-0.4, -0.2) is 43.2 Å². The molecule has 12 heteroatoms. The third-order valence-corrected chi connectivity index (χ3v) is 11.8. The SMILES string of the molecule is CC(=O)Nc1ccc(SC[C@@H]2C[C@H](c3ccc(CO)cc3)O[C@H](c3ccc(CNC(=O)[C@@H](Cc4ccccc4)NS(=O)(=O)c4ccc(C)cc4)cc3)O2)cc1. The standard InChI is InChI=1S/C43H45N3O7S2/c1-29-8-22-39(23-9-29)55(50,51)46-40(24-31-6-4-3-5-7-31)42(49)44-26-32-10-16-35(17-11-32)43-52-37(25-41(53-43)34-14-12-33(27-47)13-15-34)28-54-38-20-18-36(19-21-38)45-30(2)48/h3-23,37,40-41,43,46-47H,24-28H2,1-2H3,(H,44,49)(H,45,48)/t37-,40+,41+,43+/m0/s1. The molecule has 1 saturated heterocycles. The molecule has 0 bridgehead atoms. The van der Waals surface area contributed by atoms with E-state index in [1.165, 1.54) is 19.1 Å². The first kappa shape index (κ1) is 39.9. The zero-order valence-corrected chi connectivity index (χ0v) is 32.3. The number of carbonyl (C=O) groups is 2. The minimum atomic E-state index is -3.97. The molecule has 4 N–H and O–H groups in total. The molecular weight excluding hydrogens is 735 g/mol. The number of hydrogen-bond donors (Lipinski definition) is 4. The monoisotopic (exact) mass is 779 g/mol. The lowest BCUT2D eigenvalue weighted by Crippen LogP contribution is -2.47. The first-order chi connectivity index (χ1) is 26.5. The molecule has 2 amide bonds. The highest BCUT2D eigenvalue weighted by Gasteiger charge is 2.32. The van der Waals surface area contributed by atoms with E-state index in [2.05, 4.69) is 15.4 Å². The van der Waals surface area contributed by atoms with Crippen LogP contribution in [0.4, 0.5) is 5.69 Å². The Bertz CT molecular complexity index is 2130. The molecule has 0 saturated carbocycles. The summed E-state index contributed by atoms with van der Waals surface area (Å²) in [7, 11) is -3.97. The number of benzene rings is 5. The fourth-order valence-corrected chi connectivity index (χ4v) is 8.28. The Morgan fingerprint density at radius 1 is 0.800 bits per heavy atom. The van der Waals surface area contributed by atoms with Crippen LogP contribution >= 0.6 is 11.8 Å². The number of amides is 2. The van der Waals surface area contributed by atoms with Crippen molar-refractivity contribution < 1.29 is 32.6 Å². The lowest BCUT2D eigenvalue weighted by molar-refractivity contribution is -0.245. The molecule has 0 spiro atoms. The largest absolute Gasteiger partial charge is 0.392 e. The van der Waals surface area contributed by atoms with Gasteiger partial charge in [0.25, 0.3) is 0 Å². The predicted molar refractivity (Wildman–Crippen MR) is 214 cm³/mol. The Kier molecular flexibility index (Phi) is 13.5. The van der Waals surface area contributed by atoms with E-state index in [0.717, 1.165) is 44.0 Å². The van der Waals surface area contributed by atoms with Crippen molar-refractivity contribution in [1.82, 2.24) is 10.0 Å². The van der Waals surface area contributed by atoms with Crippen molar-refractivity contribution in [3.63, 3.8) is 0 Å². The number of aryl methyl sites for hydroxylation is 1. The van der Waals surface area contributed by atoms with Gasteiger partial charge in [0.15, 0.2) is 6.29 Å². The third-order valence-electron chi connectivity index (χ3n) is 9.17. The molecule has 6 rings (SSSR count). The van der Waals surface area contributed by atoms with Gasteiger partial charge in [0, 0.05) is 41.8 Å². The number of nitrogens with one attached hydrogen (secondary N) is 3. The molecule has 0 radical (unpaired) electrons. The van der Waals surface area contributed by atoms with E-state index in [1.807, 2.05) is 110 Å². The quantitative estimate of drug-likeness (QED) is 0.0834. The summed E-state index contributed by atoms with van der Waals surface area (Å²) >= 11 is 1.66. The van der Waals surface area contributed by atoms with Crippen molar-refractivity contribution >= 4 is 39.3 Å². The molecule has 0 aromatic heterocycles. The van der Waals surface area contributed by atoms with Crippen molar-refractivity contribution in [2.45, 2.75) is 74.2 Å². The van der Waals surface area contributed by atoms with Crippen LogP contribution in [0.3, 0.4) is 0 Å². The maximum absolute atomic E-state index is 13.6. The van der Waals surface area contributed by atoms with Crippen LogP contribution in [0.25, 0.3) is 0 Å². The summed E-state index contributed by atoms with van der Waals surface area (Å²) in [6, 6.07) is 37.8. The van der Waals surface area contributed by atoms with Crippen LogP contribution in [0.2, 0.25) is 0 Å². The normalized spacial score (nSPS) is 17.6. The Morgan fingerprint density at radius 3 is 2.11 bits per heavy atom. The molecule has 0 unspecified atom stereocenters. The van der Waals surface area contributed by atoms with Crippen molar-refractivity contribution in [1.29, 1.82) is 0 Å². The fourth-order valence-electron chi connectivity index (χ4n) is 6.17. The molecule has 1 aliphatic rings. The predicted octanol–water partition coefficient (Wildman–Crippen LogP) is 6.99. The third kappa shape index (κ3) is 11.4. The second kappa shape index (κ2) is 18.7. The van der Waals surface area contributed by atoms with Crippen molar-refractivity contribution in [3.8, 4) is 0 Å². The number of carbonyl (C=O) groups excluding carboxylic acids is 2. The van der Waals surface area contributed by atoms with E-state index in [1.54, 1.807) is 23.9 Å². The molecular formula is C43H45N3O7S2. The molecule has 1 heterocycles. The minimum Gasteiger partial charge on any atom is -0.392 e. The van der Waals surface area contributed by atoms with Gasteiger partial charge in [0.2, 0.25) is 21.8 Å². The van der Waals surface area contributed by atoms with Crippen LogP contribution in [0.5, 0.6) is 0 Å². The molecule has 5 aromatic carbocycles. The van der Waals surface area contributed by atoms with E-state index in [-0.39, 0.29) is 42.6 Å². The summed E-state index contributed by atoms with van der Waals surface area (Å²) in [5.74, 6) is 0.111. The van der Waals surface area contributed by atoms with Crippen LogP contribution in [0.1, 0.15) is 59.1 Å². The Balaban J connectivity index is 1.13. The molecule has 1 aliphatic heterocycles. The molecule has 286 valence electrons. The number of aliphatic hydroxyl groups excluding tert-OH is 1. The Morgan fingerprint density at radius 2 is 1.45 bits per heavy atom. The smallest absolute Gasteiger partial charge is 0.241 e. The van der Waals surface area contributed by atoms with Gasteiger partial charge < -0.3 is 25.2 Å². The molecule has 5 aromatic rings. The lowest BCUT2D eigenvalue weighted by Gasteiger charge is -2.36. The maximum atomic E-state index is 13.6. The summed E-state index contributed by atoms with van der Waals surface area (Å²) in [5, 5.41) is 15.3. The van der Waals surface area contributed by atoms with Crippen LogP contribution in [0, 0.1) is 6.92 Å². The molecule has 10 nitrogen and oxygen atoms in total. The number of ether oxygens (including phenoxy) is 2. The first-order valence-corrected chi connectivity index (χ1v) is 20.5. The number of rotatable bonds is 15. The zero-order chi connectivity index (χ0) is 38.8. The Labute approximate surface area is 326 Å². The summed E-state index contributed by atoms with van der Waals surface area (Å²) in [6.45, 7) is 3.50. The average molecular weight is 780 g/mol. The van der Waals surface area contributed by atoms with E-state index in [4.69, 9.17) is 9.47 Å². The fraction of sp³-hybridized carbons (Fsp3) is 0.256. The molecule has 0 aliphatic carbocycles. The van der Waals surface area contributed by atoms with Crippen LogP contribution in [0.15, 0.2) is 137 Å². The van der Waals surface area contributed by atoms with Crippen molar-refractivity contribution in [2.75, 3.05) is 11.1 Å². The highest BCUT2D eigenvalue weighted by atomic mass is 32.2. The number of sulfonamides is 1. The van der Waals surface area contributed by atoms with Gasteiger partial charge in [-0.05, 0) is 72.0 Å². The first-order valence-electron chi connectivity index (χ1n) is 18.0. The van der Waals surface area contributed by atoms with E-state index in [9.17, 15) is 23.1 Å². The van der Waals surface area contributed by atoms with Gasteiger partial charge in [-0.25, -0.2) is 8.42 Å². The minimum absolute atomic E-state index is 0.0406. The molecule has 1 fully saturated rings. The lowest BCUT2D eigenvalue weighted by atomic mass is 10.0. The van der Waals surface area contributed by atoms with Crippen LogP contribution < -0.4 is 15.4 Å². The van der Waals surface area contributed by atoms with Gasteiger partial charge in [-0.2, -0.15) is 4.72 Å². The van der Waals surface area contributed by atoms with Gasteiger partial charge in [-0.1, -0.05) is 96.6 Å². The van der Waals surface area contributed by atoms with E-state index in [0.29, 0.717) is 12.2 Å². The van der Waals surface area contributed by atoms with Crippen molar-refractivity contribution in [3.05, 3.63) is 161 Å². The number of aliphatic hydroxyl groups is 1. The van der Waals surface area contributed by atoms with Gasteiger partial charge in [0.05, 0.1) is 23.7 Å². The van der Waals surface area contributed by atoms with Crippen molar-refractivity contribution in [2.24, 2.45) is 0 Å². The van der Waals surface area contributed by atoms with E-state index < -0.39 is 28.3 Å². The molecule has 55 heavy (non-hydrogen) atoms. The van der Waals surface area contributed by atoms with Gasteiger partial charge in [0.1, 0.15) is 6.04 Å². The number of hydrogen-bond acceptors (Lipinski definition) is 8. The summed E-state index contributed by atoms with van der Waals surface area (Å²) in [4.78, 5) is 26.1. The second-order valence-electron chi connectivity index (χ2n) is 13.5. The topological polar surface area (TPSA) is 143 Å². The summed E-state index contributed by atoms with van der Waals surface area (Å²) < 4.78 is 42.2. The summed E-state index contributed by atoms with van der Waals surface area (Å²) in [5.41, 5.74) is 5.93. The maximum Gasteiger partial charge on any atom is 0.241 e. The van der Waals surface area contributed by atoms with Gasteiger partial charge in [-0.3, -0.25) is 9.59 Å². The summed E-state index contributed by atoms with van der Waals surface area (Å²) in [6.07, 6.45) is -0.236. The number of anilines is 1. The Hall–Kier alpha value is -4.82. The van der Waals surface area contributed by atoms with Gasteiger partial charge in [-0.15, -0.1) is 11.8 Å².